The number of aryl methyl sites for hydroxylation is 1. The highest BCUT2D eigenvalue weighted by Crippen LogP contribution is 2.37. The van der Waals surface area contributed by atoms with E-state index in [1.807, 2.05) is 55.1 Å². The molecule has 0 fully saturated rings. The maximum Gasteiger partial charge on any atom is 0.271 e. The van der Waals surface area contributed by atoms with Gasteiger partial charge in [0.25, 0.3) is 5.91 Å². The lowest BCUT2D eigenvalue weighted by atomic mass is 9.95. The van der Waals surface area contributed by atoms with E-state index in [4.69, 9.17) is 4.74 Å². The van der Waals surface area contributed by atoms with Gasteiger partial charge in [0.15, 0.2) is 0 Å². The molecule has 0 saturated heterocycles. The molecule has 4 rings (SSSR count). The Morgan fingerprint density at radius 1 is 1.00 bits per heavy atom. The molecule has 4 nitrogen and oxygen atoms in total. The van der Waals surface area contributed by atoms with Crippen LogP contribution in [-0.4, -0.2) is 36.1 Å². The Morgan fingerprint density at radius 2 is 1.72 bits per heavy atom. The van der Waals surface area contributed by atoms with Crippen molar-refractivity contribution in [2.75, 3.05) is 20.7 Å². The number of methoxy groups -OCH3 is 1. The van der Waals surface area contributed by atoms with Crippen molar-refractivity contribution in [1.29, 1.82) is 0 Å². The van der Waals surface area contributed by atoms with E-state index < -0.39 is 0 Å². The van der Waals surface area contributed by atoms with Gasteiger partial charge in [-0.25, -0.2) is 0 Å². The van der Waals surface area contributed by atoms with Crippen LogP contribution in [0.3, 0.4) is 0 Å². The van der Waals surface area contributed by atoms with E-state index in [9.17, 15) is 4.79 Å². The molecule has 1 aromatic heterocycles. The number of carbonyl (C=O) groups excluding carboxylic acids is 1. The summed E-state index contributed by atoms with van der Waals surface area (Å²) in [4.78, 5) is 14.7. The monoisotopic (exact) mass is 332 g/mol. The van der Waals surface area contributed by atoms with Crippen LogP contribution in [0, 0.1) is 0 Å². The van der Waals surface area contributed by atoms with Crippen LogP contribution in [0.2, 0.25) is 0 Å². The predicted octanol–water partition coefficient (Wildman–Crippen LogP) is 3.70. The van der Waals surface area contributed by atoms with Crippen molar-refractivity contribution in [3.05, 3.63) is 71.4 Å². The number of rotatable bonds is 2. The molecule has 25 heavy (non-hydrogen) atoms. The Balaban J connectivity index is 2.02. The average Bonchev–Trinajstić information content (AvgIpc) is 2.87. The van der Waals surface area contributed by atoms with Crippen LogP contribution in [0.4, 0.5) is 0 Å². The SMILES string of the molecule is COc1ccc(C2=CCN(C)C(=O)c3c2c2ccccc2n3C)cc1. The quantitative estimate of drug-likeness (QED) is 0.717. The largest absolute Gasteiger partial charge is 0.497 e. The fourth-order valence-corrected chi connectivity index (χ4v) is 3.54. The van der Waals surface area contributed by atoms with Crippen LogP contribution in [-0.2, 0) is 7.05 Å². The highest BCUT2D eigenvalue weighted by Gasteiger charge is 2.28. The first kappa shape index (κ1) is 15.5. The molecule has 4 heteroatoms. The fourth-order valence-electron chi connectivity index (χ4n) is 3.54. The third-order valence-electron chi connectivity index (χ3n) is 4.90. The molecular formula is C21H20N2O2. The van der Waals surface area contributed by atoms with Crippen LogP contribution in [0.1, 0.15) is 21.6 Å². The zero-order chi connectivity index (χ0) is 17.6. The highest BCUT2D eigenvalue weighted by molar-refractivity contribution is 6.10. The molecule has 0 radical (unpaired) electrons. The number of amides is 1. The second-order valence-electron chi connectivity index (χ2n) is 6.33. The van der Waals surface area contributed by atoms with E-state index in [0.29, 0.717) is 6.54 Å². The number of hydrogen-bond donors (Lipinski definition) is 0. The van der Waals surface area contributed by atoms with E-state index >= 15 is 0 Å². The number of benzene rings is 2. The maximum absolute atomic E-state index is 13.0. The molecule has 0 aliphatic carbocycles. The van der Waals surface area contributed by atoms with Gasteiger partial charge in [0.2, 0.25) is 0 Å². The normalized spacial score (nSPS) is 14.3. The van der Waals surface area contributed by atoms with Crippen molar-refractivity contribution >= 4 is 22.4 Å². The first-order valence-corrected chi connectivity index (χ1v) is 8.29. The summed E-state index contributed by atoms with van der Waals surface area (Å²) in [7, 11) is 5.47. The van der Waals surface area contributed by atoms with Gasteiger partial charge >= 0.3 is 0 Å². The van der Waals surface area contributed by atoms with Crippen molar-refractivity contribution in [2.45, 2.75) is 0 Å². The van der Waals surface area contributed by atoms with Gasteiger partial charge in [-0.2, -0.15) is 0 Å². The molecule has 0 N–H and O–H groups in total. The Labute approximate surface area is 146 Å². The summed E-state index contributed by atoms with van der Waals surface area (Å²) in [6.45, 7) is 0.587. The molecule has 0 unspecified atom stereocenters. The second kappa shape index (κ2) is 5.81. The molecule has 2 aromatic carbocycles. The van der Waals surface area contributed by atoms with Crippen molar-refractivity contribution in [2.24, 2.45) is 7.05 Å². The van der Waals surface area contributed by atoms with Gasteiger partial charge in [0, 0.05) is 37.1 Å². The van der Waals surface area contributed by atoms with Gasteiger partial charge in [-0.15, -0.1) is 0 Å². The molecule has 0 spiro atoms. The van der Waals surface area contributed by atoms with Gasteiger partial charge in [0.05, 0.1) is 7.11 Å². The first-order chi connectivity index (χ1) is 12.1. The molecule has 1 amide bonds. The number of likely N-dealkylation sites (N-methyl/N-ethyl adjacent to an activating group) is 1. The summed E-state index contributed by atoms with van der Waals surface area (Å²) in [5.41, 5.74) is 4.99. The maximum atomic E-state index is 13.0. The van der Waals surface area contributed by atoms with Gasteiger partial charge in [-0.3, -0.25) is 4.79 Å². The van der Waals surface area contributed by atoms with E-state index in [-0.39, 0.29) is 5.91 Å². The minimum absolute atomic E-state index is 0.0495. The zero-order valence-corrected chi connectivity index (χ0v) is 14.6. The van der Waals surface area contributed by atoms with Crippen LogP contribution < -0.4 is 4.74 Å². The second-order valence-corrected chi connectivity index (χ2v) is 6.33. The van der Waals surface area contributed by atoms with Gasteiger partial charge in [0.1, 0.15) is 11.4 Å². The lowest BCUT2D eigenvalue weighted by molar-refractivity contribution is 0.0803. The molecule has 126 valence electrons. The summed E-state index contributed by atoms with van der Waals surface area (Å²) in [5.74, 6) is 0.873. The van der Waals surface area contributed by atoms with Crippen LogP contribution in [0.15, 0.2) is 54.6 Å². The molecule has 0 saturated carbocycles. The summed E-state index contributed by atoms with van der Waals surface area (Å²) in [6.07, 6.45) is 2.14. The summed E-state index contributed by atoms with van der Waals surface area (Å²) < 4.78 is 7.28. The number of para-hydroxylation sites is 1. The average molecular weight is 332 g/mol. The third kappa shape index (κ3) is 2.33. The summed E-state index contributed by atoms with van der Waals surface area (Å²) in [6, 6.07) is 16.2. The lowest BCUT2D eigenvalue weighted by Gasteiger charge is -2.14. The van der Waals surface area contributed by atoms with E-state index in [0.717, 1.165) is 39.0 Å². The van der Waals surface area contributed by atoms with Crippen molar-refractivity contribution < 1.29 is 9.53 Å². The molecule has 3 aromatic rings. The van der Waals surface area contributed by atoms with Gasteiger partial charge in [-0.05, 0) is 29.3 Å². The molecular weight excluding hydrogens is 312 g/mol. The summed E-state index contributed by atoms with van der Waals surface area (Å²) >= 11 is 0. The van der Waals surface area contributed by atoms with Gasteiger partial charge in [-0.1, -0.05) is 36.4 Å². The van der Waals surface area contributed by atoms with E-state index in [2.05, 4.69) is 18.2 Å². The smallest absolute Gasteiger partial charge is 0.271 e. The van der Waals surface area contributed by atoms with E-state index in [1.54, 1.807) is 12.0 Å². The third-order valence-corrected chi connectivity index (χ3v) is 4.90. The minimum atomic E-state index is 0.0495. The number of fused-ring (bicyclic) bond motifs is 3. The van der Waals surface area contributed by atoms with Crippen molar-refractivity contribution in [3.8, 4) is 5.75 Å². The number of ether oxygens (including phenoxy) is 1. The standard InChI is InChI=1S/C21H20N2O2/c1-22-13-12-16(14-8-10-15(25-3)11-9-14)19-17-6-4-5-7-18(17)23(2)20(19)21(22)24/h4-12H,13H2,1-3H3. The molecule has 1 aliphatic rings. The number of aromatic nitrogens is 1. The number of nitrogens with zero attached hydrogens (tertiary/aromatic N) is 2. The Bertz CT molecular complexity index is 997. The lowest BCUT2D eigenvalue weighted by Crippen LogP contribution is -2.27. The highest BCUT2D eigenvalue weighted by atomic mass is 16.5. The molecule has 0 bridgehead atoms. The molecule has 2 heterocycles. The number of hydrogen-bond acceptors (Lipinski definition) is 2. The predicted molar refractivity (Wildman–Crippen MR) is 100.0 cm³/mol. The molecule has 1 aliphatic heterocycles. The first-order valence-electron chi connectivity index (χ1n) is 8.29. The Morgan fingerprint density at radius 3 is 2.44 bits per heavy atom. The Hall–Kier alpha value is -3.01. The number of carbonyl (C=O) groups is 1. The fraction of sp³-hybridized carbons (Fsp3) is 0.190. The van der Waals surface area contributed by atoms with Crippen molar-refractivity contribution in [1.82, 2.24) is 9.47 Å². The zero-order valence-electron chi connectivity index (χ0n) is 14.6. The Kier molecular flexibility index (Phi) is 3.61. The van der Waals surface area contributed by atoms with Gasteiger partial charge < -0.3 is 14.2 Å². The molecule has 0 atom stereocenters. The minimum Gasteiger partial charge on any atom is -0.497 e. The van der Waals surface area contributed by atoms with E-state index in [1.165, 1.54) is 0 Å². The van der Waals surface area contributed by atoms with Crippen LogP contribution in [0.25, 0.3) is 16.5 Å². The van der Waals surface area contributed by atoms with Crippen LogP contribution >= 0.6 is 0 Å². The topological polar surface area (TPSA) is 34.5 Å². The summed E-state index contributed by atoms with van der Waals surface area (Å²) in [5, 5.41) is 1.10. The van der Waals surface area contributed by atoms with Crippen LogP contribution in [0.5, 0.6) is 5.75 Å². The van der Waals surface area contributed by atoms with Crippen molar-refractivity contribution in [3.63, 3.8) is 0 Å².